The van der Waals surface area contributed by atoms with E-state index < -0.39 is 0 Å². The van der Waals surface area contributed by atoms with Gasteiger partial charge >= 0.3 is 0 Å². The molecule has 4 nitrogen and oxygen atoms in total. The fourth-order valence-corrected chi connectivity index (χ4v) is 2.98. The van der Waals surface area contributed by atoms with Crippen molar-refractivity contribution in [1.82, 2.24) is 4.90 Å². The molecule has 0 radical (unpaired) electrons. The summed E-state index contributed by atoms with van der Waals surface area (Å²) in [5.74, 6) is 1.28. The first-order valence-electron chi connectivity index (χ1n) is 7.24. The molecule has 0 saturated carbocycles. The molecule has 1 amide bonds. The number of aryl methyl sites for hydroxylation is 1. The first kappa shape index (κ1) is 14.9. The summed E-state index contributed by atoms with van der Waals surface area (Å²) in [5, 5.41) is 0. The summed E-state index contributed by atoms with van der Waals surface area (Å²) in [5.41, 5.74) is 7.58. The lowest BCUT2D eigenvalue weighted by molar-refractivity contribution is 0.0532. The zero-order valence-electron chi connectivity index (χ0n) is 12.6. The van der Waals surface area contributed by atoms with Crippen LogP contribution in [0.5, 0.6) is 5.75 Å². The van der Waals surface area contributed by atoms with Crippen LogP contribution in [0.2, 0.25) is 0 Å². The van der Waals surface area contributed by atoms with Gasteiger partial charge in [0.25, 0.3) is 5.91 Å². The summed E-state index contributed by atoms with van der Waals surface area (Å²) >= 11 is 0. The van der Waals surface area contributed by atoms with Crippen molar-refractivity contribution in [1.29, 1.82) is 0 Å². The largest absolute Gasteiger partial charge is 0.496 e. The molecule has 1 aromatic carbocycles. The molecule has 1 heterocycles. The molecular formula is C16H24N2O2. The second kappa shape index (κ2) is 6.27. The number of hydrogen-bond acceptors (Lipinski definition) is 3. The van der Waals surface area contributed by atoms with Crippen LogP contribution >= 0.6 is 0 Å². The molecule has 1 aromatic rings. The normalized spacial score (nSPS) is 22.7. The standard InChI is InChI=1S/C16H24N2O2/c1-11-5-4-8-18(14(11)10-17)16(19)13-7-6-12(2)15(9-13)20-3/h6-7,9,11,14H,4-5,8,10,17H2,1-3H3. The quantitative estimate of drug-likeness (QED) is 0.921. The zero-order chi connectivity index (χ0) is 14.7. The zero-order valence-corrected chi connectivity index (χ0v) is 12.6. The highest BCUT2D eigenvalue weighted by Crippen LogP contribution is 2.26. The highest BCUT2D eigenvalue weighted by Gasteiger charge is 2.31. The smallest absolute Gasteiger partial charge is 0.254 e. The van der Waals surface area contributed by atoms with Crippen molar-refractivity contribution in [2.45, 2.75) is 32.7 Å². The van der Waals surface area contributed by atoms with Crippen molar-refractivity contribution in [2.75, 3.05) is 20.2 Å². The van der Waals surface area contributed by atoms with Crippen molar-refractivity contribution in [3.05, 3.63) is 29.3 Å². The maximum absolute atomic E-state index is 12.7. The van der Waals surface area contributed by atoms with Gasteiger partial charge in [-0.1, -0.05) is 13.0 Å². The van der Waals surface area contributed by atoms with Gasteiger partial charge < -0.3 is 15.4 Å². The minimum absolute atomic E-state index is 0.0605. The third-order valence-corrected chi connectivity index (χ3v) is 4.27. The Morgan fingerprint density at radius 3 is 2.90 bits per heavy atom. The Morgan fingerprint density at radius 1 is 1.50 bits per heavy atom. The van der Waals surface area contributed by atoms with E-state index in [0.717, 1.165) is 30.7 Å². The lowest BCUT2D eigenvalue weighted by Gasteiger charge is -2.39. The highest BCUT2D eigenvalue weighted by atomic mass is 16.5. The van der Waals surface area contributed by atoms with E-state index >= 15 is 0 Å². The van der Waals surface area contributed by atoms with Crippen LogP contribution in [0.3, 0.4) is 0 Å². The molecule has 2 atom stereocenters. The average Bonchev–Trinajstić information content (AvgIpc) is 2.46. The maximum Gasteiger partial charge on any atom is 0.254 e. The highest BCUT2D eigenvalue weighted by molar-refractivity contribution is 5.95. The summed E-state index contributed by atoms with van der Waals surface area (Å²) in [6.45, 7) is 5.46. The second-order valence-electron chi connectivity index (χ2n) is 5.61. The number of carbonyl (C=O) groups excluding carboxylic acids is 1. The van der Waals surface area contributed by atoms with Gasteiger partial charge in [-0.2, -0.15) is 0 Å². The first-order valence-corrected chi connectivity index (χ1v) is 7.24. The number of piperidine rings is 1. The van der Waals surface area contributed by atoms with Crippen LogP contribution in [0.25, 0.3) is 0 Å². The SMILES string of the molecule is COc1cc(C(=O)N2CCCC(C)C2CN)ccc1C. The Morgan fingerprint density at radius 2 is 2.25 bits per heavy atom. The van der Waals surface area contributed by atoms with Gasteiger partial charge in [-0.15, -0.1) is 0 Å². The Bertz CT molecular complexity index is 487. The van der Waals surface area contributed by atoms with Crippen LogP contribution in [0, 0.1) is 12.8 Å². The number of rotatable bonds is 3. The van der Waals surface area contributed by atoms with Gasteiger partial charge in [-0.05, 0) is 43.4 Å². The second-order valence-corrected chi connectivity index (χ2v) is 5.61. The summed E-state index contributed by atoms with van der Waals surface area (Å²) in [4.78, 5) is 14.6. The van der Waals surface area contributed by atoms with Crippen molar-refractivity contribution in [2.24, 2.45) is 11.7 Å². The van der Waals surface area contributed by atoms with E-state index in [0.29, 0.717) is 18.0 Å². The van der Waals surface area contributed by atoms with E-state index in [1.165, 1.54) is 0 Å². The molecule has 0 aliphatic carbocycles. The lowest BCUT2D eigenvalue weighted by atomic mass is 9.90. The van der Waals surface area contributed by atoms with Crippen molar-refractivity contribution in [3.63, 3.8) is 0 Å². The first-order chi connectivity index (χ1) is 9.58. The monoisotopic (exact) mass is 276 g/mol. The molecule has 2 N–H and O–H groups in total. The summed E-state index contributed by atoms with van der Waals surface area (Å²) in [6.07, 6.45) is 2.19. The molecule has 4 heteroatoms. The number of nitrogens with two attached hydrogens (primary N) is 1. The molecule has 110 valence electrons. The molecule has 0 aromatic heterocycles. The van der Waals surface area contributed by atoms with Gasteiger partial charge in [0.15, 0.2) is 0 Å². The Labute approximate surface area is 120 Å². The molecule has 1 saturated heterocycles. The Kier molecular flexibility index (Phi) is 4.65. The number of methoxy groups -OCH3 is 1. The number of amides is 1. The molecule has 0 bridgehead atoms. The van der Waals surface area contributed by atoms with Crippen LogP contribution in [0.4, 0.5) is 0 Å². The van der Waals surface area contributed by atoms with Crippen LogP contribution < -0.4 is 10.5 Å². The van der Waals surface area contributed by atoms with Crippen molar-refractivity contribution in [3.8, 4) is 5.75 Å². The minimum Gasteiger partial charge on any atom is -0.496 e. The van der Waals surface area contributed by atoms with Crippen LogP contribution in [-0.2, 0) is 0 Å². The fraction of sp³-hybridized carbons (Fsp3) is 0.562. The molecule has 1 fully saturated rings. The van der Waals surface area contributed by atoms with E-state index in [1.807, 2.05) is 30.0 Å². The van der Waals surface area contributed by atoms with Crippen LogP contribution in [0.1, 0.15) is 35.7 Å². The molecule has 20 heavy (non-hydrogen) atoms. The minimum atomic E-state index is 0.0605. The van der Waals surface area contributed by atoms with E-state index in [1.54, 1.807) is 7.11 Å². The average molecular weight is 276 g/mol. The number of benzene rings is 1. The topological polar surface area (TPSA) is 55.6 Å². The van der Waals surface area contributed by atoms with Crippen molar-refractivity contribution < 1.29 is 9.53 Å². The maximum atomic E-state index is 12.7. The molecule has 1 aliphatic rings. The Hall–Kier alpha value is -1.55. The van der Waals surface area contributed by atoms with Gasteiger partial charge in [0.2, 0.25) is 0 Å². The summed E-state index contributed by atoms with van der Waals surface area (Å²) < 4.78 is 5.30. The van der Waals surface area contributed by atoms with Gasteiger partial charge in [-0.3, -0.25) is 4.79 Å². The van der Waals surface area contributed by atoms with Gasteiger partial charge in [0.05, 0.1) is 7.11 Å². The third-order valence-electron chi connectivity index (χ3n) is 4.27. The summed E-state index contributed by atoms with van der Waals surface area (Å²) in [7, 11) is 1.63. The van der Waals surface area contributed by atoms with Crippen LogP contribution in [-0.4, -0.2) is 37.0 Å². The van der Waals surface area contributed by atoms with Gasteiger partial charge in [-0.25, -0.2) is 0 Å². The van der Waals surface area contributed by atoms with E-state index in [9.17, 15) is 4.79 Å². The number of hydrogen-bond donors (Lipinski definition) is 1. The molecule has 1 aliphatic heterocycles. The van der Waals surface area contributed by atoms with Crippen molar-refractivity contribution >= 4 is 5.91 Å². The van der Waals surface area contributed by atoms with Gasteiger partial charge in [0, 0.05) is 24.7 Å². The lowest BCUT2D eigenvalue weighted by Crippen LogP contribution is -2.51. The van der Waals surface area contributed by atoms with Crippen LogP contribution in [0.15, 0.2) is 18.2 Å². The number of ether oxygens (including phenoxy) is 1. The van der Waals surface area contributed by atoms with E-state index in [2.05, 4.69) is 6.92 Å². The predicted molar refractivity (Wildman–Crippen MR) is 80.0 cm³/mol. The fourth-order valence-electron chi connectivity index (χ4n) is 2.98. The third kappa shape index (κ3) is 2.80. The molecule has 2 unspecified atom stereocenters. The number of likely N-dealkylation sites (tertiary alicyclic amines) is 1. The molecular weight excluding hydrogens is 252 g/mol. The predicted octanol–water partition coefficient (Wildman–Crippen LogP) is 2.20. The van der Waals surface area contributed by atoms with E-state index in [4.69, 9.17) is 10.5 Å². The molecule has 2 rings (SSSR count). The van der Waals surface area contributed by atoms with Gasteiger partial charge in [0.1, 0.15) is 5.75 Å². The molecule has 0 spiro atoms. The van der Waals surface area contributed by atoms with E-state index in [-0.39, 0.29) is 11.9 Å². The summed E-state index contributed by atoms with van der Waals surface area (Å²) in [6, 6.07) is 5.76. The Balaban J connectivity index is 2.25. The number of nitrogens with zero attached hydrogens (tertiary/aromatic N) is 1. The number of carbonyl (C=O) groups is 1.